The van der Waals surface area contributed by atoms with Gasteiger partial charge in [-0.1, -0.05) is 33.8 Å². The van der Waals surface area contributed by atoms with Crippen molar-refractivity contribution in [1.29, 1.82) is 0 Å². The molecule has 1 saturated heterocycles. The van der Waals surface area contributed by atoms with Crippen LogP contribution in [0, 0.1) is 17.8 Å². The van der Waals surface area contributed by atoms with Gasteiger partial charge < -0.3 is 15.7 Å². The summed E-state index contributed by atoms with van der Waals surface area (Å²) < 4.78 is 26.8. The minimum Gasteiger partial charge on any atom is -0.412 e. The monoisotopic (exact) mass is 386 g/mol. The van der Waals surface area contributed by atoms with Gasteiger partial charge in [0.25, 0.3) is 0 Å². The molecule has 0 spiro atoms. The molecule has 1 heterocycles. The topological polar surface area (TPSA) is 63.8 Å². The van der Waals surface area contributed by atoms with Crippen LogP contribution < -0.4 is 5.32 Å². The van der Waals surface area contributed by atoms with E-state index >= 15 is 0 Å². The van der Waals surface area contributed by atoms with Crippen LogP contribution in [0.15, 0.2) is 23.6 Å². The number of allylic oxidation sites excluding steroid dienone is 4. The van der Waals surface area contributed by atoms with Crippen LogP contribution in [-0.4, -0.2) is 48.1 Å². The molecule has 27 heavy (non-hydrogen) atoms. The molecule has 1 amide bonds. The van der Waals surface area contributed by atoms with Crippen molar-refractivity contribution in [3.05, 3.63) is 23.6 Å². The van der Waals surface area contributed by atoms with Gasteiger partial charge in [0.2, 0.25) is 5.91 Å². The van der Waals surface area contributed by atoms with E-state index in [1.807, 2.05) is 11.0 Å². The first-order valence-corrected chi connectivity index (χ1v) is 10.0. The molecule has 156 valence electrons. The molecule has 0 aromatic rings. The zero-order valence-corrected chi connectivity index (χ0v) is 17.1. The van der Waals surface area contributed by atoms with Gasteiger partial charge in [0.05, 0.1) is 6.04 Å². The van der Waals surface area contributed by atoms with Gasteiger partial charge in [-0.25, -0.2) is 8.78 Å². The summed E-state index contributed by atoms with van der Waals surface area (Å²) in [5, 5.41) is 3.43. The molecule has 1 aliphatic carbocycles. The second-order valence-electron chi connectivity index (χ2n) is 8.39. The minimum atomic E-state index is -1.48. The van der Waals surface area contributed by atoms with E-state index in [1.165, 1.54) is 6.08 Å². The number of carbonyl (C=O) groups is 1. The van der Waals surface area contributed by atoms with Gasteiger partial charge in [-0.15, -0.1) is 0 Å². The van der Waals surface area contributed by atoms with E-state index in [-0.39, 0.29) is 35.7 Å². The Morgan fingerprint density at radius 1 is 1.26 bits per heavy atom. The van der Waals surface area contributed by atoms with E-state index in [4.69, 9.17) is 0 Å². The molecule has 0 aromatic heterocycles. The molecule has 2 atom stereocenters. The summed E-state index contributed by atoms with van der Waals surface area (Å²) >= 11 is 0. The fraction of sp³-hybridized carbons (Fsp3) is 0.762. The molecule has 4 nitrogen and oxygen atoms in total. The third-order valence-electron chi connectivity index (χ3n) is 5.46. The highest BCUT2D eigenvalue weighted by molar-refractivity contribution is 5.82. The van der Waals surface area contributed by atoms with Gasteiger partial charge in [-0.3, -0.25) is 4.79 Å². The van der Waals surface area contributed by atoms with Crippen LogP contribution in [-0.2, 0) is 4.79 Å². The molecule has 0 bridgehead atoms. The lowest BCUT2D eigenvalue weighted by Gasteiger charge is -2.36. The SMILES string of the molecule is CC(C)CCN[C@@H](C(=O)N1CCC(C2=CCC(F)C(F)=C2)CC1)C(C)C.O. The van der Waals surface area contributed by atoms with Gasteiger partial charge in [-0.2, -0.15) is 0 Å². The van der Waals surface area contributed by atoms with Crippen LogP contribution >= 0.6 is 0 Å². The molecule has 1 aliphatic heterocycles. The number of piperidine rings is 1. The molecule has 2 rings (SSSR count). The Labute approximate surface area is 162 Å². The van der Waals surface area contributed by atoms with Crippen molar-refractivity contribution in [3.8, 4) is 0 Å². The van der Waals surface area contributed by atoms with Crippen LogP contribution in [0.1, 0.15) is 53.4 Å². The minimum absolute atomic E-state index is 0. The van der Waals surface area contributed by atoms with E-state index in [0.717, 1.165) is 31.4 Å². The number of nitrogens with zero attached hydrogens (tertiary/aromatic N) is 1. The smallest absolute Gasteiger partial charge is 0.239 e. The number of halogens is 2. The maximum atomic E-state index is 13.5. The van der Waals surface area contributed by atoms with Crippen LogP contribution in [0.4, 0.5) is 8.78 Å². The first-order valence-electron chi connectivity index (χ1n) is 10.0. The van der Waals surface area contributed by atoms with E-state index in [2.05, 4.69) is 33.0 Å². The molecular weight excluding hydrogens is 350 g/mol. The zero-order valence-electron chi connectivity index (χ0n) is 17.1. The van der Waals surface area contributed by atoms with Gasteiger partial charge >= 0.3 is 0 Å². The highest BCUT2D eigenvalue weighted by Crippen LogP contribution is 2.32. The summed E-state index contributed by atoms with van der Waals surface area (Å²) in [6.07, 6.45) is 4.52. The van der Waals surface area contributed by atoms with Crippen molar-refractivity contribution >= 4 is 5.91 Å². The van der Waals surface area contributed by atoms with Crippen molar-refractivity contribution in [2.45, 2.75) is 65.6 Å². The van der Waals surface area contributed by atoms with Crippen molar-refractivity contribution in [2.24, 2.45) is 17.8 Å². The first-order chi connectivity index (χ1) is 12.3. The average molecular weight is 387 g/mol. The lowest BCUT2D eigenvalue weighted by molar-refractivity contribution is -0.135. The quantitative estimate of drug-likeness (QED) is 0.727. The molecular formula is C21H36F2N2O2. The molecule has 1 unspecified atom stereocenters. The molecule has 6 heteroatoms. The number of amides is 1. The van der Waals surface area contributed by atoms with Crippen LogP contribution in [0.25, 0.3) is 0 Å². The largest absolute Gasteiger partial charge is 0.412 e. The Morgan fingerprint density at radius 3 is 2.41 bits per heavy atom. The number of hydrogen-bond acceptors (Lipinski definition) is 2. The Bertz CT molecular complexity index is 538. The second kappa shape index (κ2) is 10.9. The van der Waals surface area contributed by atoms with E-state index in [9.17, 15) is 13.6 Å². The Balaban J connectivity index is 0.00000364. The van der Waals surface area contributed by atoms with Gasteiger partial charge in [-0.05, 0) is 55.2 Å². The number of rotatable bonds is 7. The highest BCUT2D eigenvalue weighted by Gasteiger charge is 2.31. The Kier molecular flexibility index (Phi) is 9.60. The maximum absolute atomic E-state index is 13.5. The molecule has 0 aromatic carbocycles. The third kappa shape index (κ3) is 6.68. The van der Waals surface area contributed by atoms with Gasteiger partial charge in [0.1, 0.15) is 5.83 Å². The fourth-order valence-corrected chi connectivity index (χ4v) is 3.71. The zero-order chi connectivity index (χ0) is 19.3. The average Bonchev–Trinajstić information content (AvgIpc) is 2.60. The predicted molar refractivity (Wildman–Crippen MR) is 106 cm³/mol. The normalized spacial score (nSPS) is 22.4. The Morgan fingerprint density at radius 2 is 1.89 bits per heavy atom. The molecule has 3 N–H and O–H groups in total. The third-order valence-corrected chi connectivity index (χ3v) is 5.46. The fourth-order valence-electron chi connectivity index (χ4n) is 3.71. The van der Waals surface area contributed by atoms with E-state index < -0.39 is 12.0 Å². The first kappa shape index (κ1) is 23.8. The summed E-state index contributed by atoms with van der Waals surface area (Å²) in [6, 6.07) is -0.149. The standard InChI is InChI=1S/C21H34F2N2O.H2O/c1-14(2)7-10-24-20(15(3)4)21(26)25-11-8-16(9-12-25)17-5-6-18(22)19(23)13-17;/h5,13-16,18,20,24H,6-12H2,1-4H3;1H2/t18?,20-;/m1./s1. The van der Waals surface area contributed by atoms with E-state index in [1.54, 1.807) is 0 Å². The van der Waals surface area contributed by atoms with Crippen molar-refractivity contribution < 1.29 is 19.1 Å². The van der Waals surface area contributed by atoms with Crippen LogP contribution in [0.3, 0.4) is 0 Å². The predicted octanol–water partition coefficient (Wildman–Crippen LogP) is 3.58. The van der Waals surface area contributed by atoms with Crippen LogP contribution in [0.5, 0.6) is 0 Å². The summed E-state index contributed by atoms with van der Waals surface area (Å²) in [6.45, 7) is 10.7. The maximum Gasteiger partial charge on any atom is 0.239 e. The highest BCUT2D eigenvalue weighted by atomic mass is 19.2. The lowest BCUT2D eigenvalue weighted by atomic mass is 9.85. The second-order valence-corrected chi connectivity index (χ2v) is 8.39. The van der Waals surface area contributed by atoms with E-state index in [0.29, 0.717) is 19.0 Å². The number of nitrogens with one attached hydrogen (secondary N) is 1. The number of hydrogen-bond donors (Lipinski definition) is 1. The summed E-state index contributed by atoms with van der Waals surface area (Å²) in [4.78, 5) is 14.9. The van der Waals surface area contributed by atoms with Crippen LogP contribution in [0.2, 0.25) is 0 Å². The number of likely N-dealkylation sites (tertiary alicyclic amines) is 1. The van der Waals surface area contributed by atoms with Crippen molar-refractivity contribution in [3.63, 3.8) is 0 Å². The Hall–Kier alpha value is -1.27. The number of carbonyl (C=O) groups excluding carboxylic acids is 1. The molecule has 1 fully saturated rings. The van der Waals surface area contributed by atoms with Gasteiger partial charge in [0.15, 0.2) is 6.17 Å². The molecule has 0 radical (unpaired) electrons. The summed E-state index contributed by atoms with van der Waals surface area (Å²) in [5.41, 5.74) is 0.902. The summed E-state index contributed by atoms with van der Waals surface area (Å²) in [7, 11) is 0. The number of alkyl halides is 1. The van der Waals surface area contributed by atoms with Crippen molar-refractivity contribution in [2.75, 3.05) is 19.6 Å². The lowest BCUT2D eigenvalue weighted by Crippen LogP contribution is -2.51. The summed E-state index contributed by atoms with van der Waals surface area (Å²) in [5.74, 6) is 0.596. The molecule has 0 saturated carbocycles. The van der Waals surface area contributed by atoms with Crippen molar-refractivity contribution in [1.82, 2.24) is 10.2 Å². The van der Waals surface area contributed by atoms with Gasteiger partial charge in [0, 0.05) is 19.5 Å². The molecule has 2 aliphatic rings.